The fourth-order valence-corrected chi connectivity index (χ4v) is 3.49. The second-order valence-corrected chi connectivity index (χ2v) is 5.97. The van der Waals surface area contributed by atoms with Gasteiger partial charge in [-0.15, -0.1) is 0 Å². The van der Waals surface area contributed by atoms with Crippen LogP contribution < -0.4 is 0 Å². The lowest BCUT2D eigenvalue weighted by Crippen LogP contribution is -1.86. The third kappa shape index (κ3) is 1.92. The van der Waals surface area contributed by atoms with E-state index in [1.165, 1.54) is 26.9 Å². The molecule has 24 heavy (non-hydrogen) atoms. The van der Waals surface area contributed by atoms with Gasteiger partial charge in [0.1, 0.15) is 0 Å². The van der Waals surface area contributed by atoms with Crippen LogP contribution in [0, 0.1) is 6.07 Å². The Labute approximate surface area is 140 Å². The first kappa shape index (κ1) is 13.3. The Bertz CT molecular complexity index is 1150. The maximum Gasteiger partial charge on any atom is 0.0708 e. The molecule has 0 aliphatic heterocycles. The lowest BCUT2D eigenvalue weighted by molar-refractivity contribution is 1.33. The molecule has 0 atom stereocenters. The van der Waals surface area contributed by atoms with E-state index in [1.54, 1.807) is 0 Å². The summed E-state index contributed by atoms with van der Waals surface area (Å²) in [5, 5.41) is 7.48. The summed E-state index contributed by atoms with van der Waals surface area (Å²) in [4.78, 5) is 4.47. The Morgan fingerprint density at radius 3 is 1.79 bits per heavy atom. The summed E-state index contributed by atoms with van der Waals surface area (Å²) < 4.78 is 0. The molecule has 5 aromatic rings. The van der Waals surface area contributed by atoms with Crippen LogP contribution in [0.3, 0.4) is 0 Å². The molecule has 0 saturated carbocycles. The van der Waals surface area contributed by atoms with E-state index < -0.39 is 0 Å². The fourth-order valence-electron chi connectivity index (χ4n) is 3.49. The molecule has 1 radical (unpaired) electrons. The molecule has 0 N–H and O–H groups in total. The summed E-state index contributed by atoms with van der Waals surface area (Å²) in [7, 11) is 0. The van der Waals surface area contributed by atoms with Crippen molar-refractivity contribution in [2.24, 2.45) is 0 Å². The summed E-state index contributed by atoms with van der Waals surface area (Å²) in [5.41, 5.74) is 1.99. The highest BCUT2D eigenvalue weighted by molar-refractivity contribution is 6.25. The first-order valence-electron chi connectivity index (χ1n) is 8.09. The van der Waals surface area contributed by atoms with Crippen molar-refractivity contribution >= 4 is 32.3 Å². The predicted octanol–water partition coefficient (Wildman–Crippen LogP) is 6.01. The highest BCUT2D eigenvalue weighted by Gasteiger charge is 2.09. The molecule has 1 heteroatoms. The first-order valence-corrected chi connectivity index (χ1v) is 8.09. The number of rotatable bonds is 1. The molecule has 0 saturated heterocycles. The Morgan fingerprint density at radius 1 is 0.542 bits per heavy atom. The van der Waals surface area contributed by atoms with E-state index in [1.807, 2.05) is 24.4 Å². The number of hydrogen-bond donors (Lipinski definition) is 0. The smallest absolute Gasteiger partial charge is 0.0708 e. The average molecular weight is 304 g/mol. The first-order chi connectivity index (χ1) is 11.9. The van der Waals surface area contributed by atoms with Crippen molar-refractivity contribution in [3.63, 3.8) is 0 Å². The number of hydrogen-bond acceptors (Lipinski definition) is 1. The third-order valence-electron chi connectivity index (χ3n) is 4.59. The second-order valence-electron chi connectivity index (χ2n) is 5.97. The van der Waals surface area contributed by atoms with Crippen molar-refractivity contribution in [3.8, 4) is 11.3 Å². The molecule has 0 bridgehead atoms. The molecule has 0 unspecified atom stereocenters. The van der Waals surface area contributed by atoms with E-state index in [9.17, 15) is 0 Å². The van der Waals surface area contributed by atoms with Gasteiger partial charge in [-0.05, 0) is 44.5 Å². The van der Waals surface area contributed by atoms with Crippen molar-refractivity contribution in [2.45, 2.75) is 0 Å². The lowest BCUT2D eigenvalue weighted by Gasteiger charge is -2.11. The van der Waals surface area contributed by atoms with E-state index in [4.69, 9.17) is 0 Å². The molecular weight excluding hydrogens is 290 g/mol. The topological polar surface area (TPSA) is 12.9 Å². The summed E-state index contributed by atoms with van der Waals surface area (Å²) >= 11 is 0. The summed E-state index contributed by atoms with van der Waals surface area (Å²) in [6.07, 6.45) is 1.83. The summed E-state index contributed by atoms with van der Waals surface area (Å²) in [6, 6.07) is 31.1. The Morgan fingerprint density at radius 2 is 1.12 bits per heavy atom. The largest absolute Gasteiger partial charge is 0.256 e. The van der Waals surface area contributed by atoms with Crippen molar-refractivity contribution in [2.75, 3.05) is 0 Å². The highest BCUT2D eigenvalue weighted by Crippen LogP contribution is 2.36. The molecule has 1 heterocycles. The van der Waals surface area contributed by atoms with Crippen LogP contribution >= 0.6 is 0 Å². The van der Waals surface area contributed by atoms with Crippen molar-refractivity contribution in [1.82, 2.24) is 4.98 Å². The minimum atomic E-state index is 0.955. The van der Waals surface area contributed by atoms with Crippen LogP contribution in [0.2, 0.25) is 0 Å². The zero-order chi connectivity index (χ0) is 15.9. The van der Waals surface area contributed by atoms with Gasteiger partial charge in [0.25, 0.3) is 0 Å². The van der Waals surface area contributed by atoms with Crippen LogP contribution in [0.15, 0.2) is 85.1 Å². The third-order valence-corrected chi connectivity index (χ3v) is 4.59. The summed E-state index contributed by atoms with van der Waals surface area (Å²) in [5.74, 6) is 0. The number of fused-ring (bicyclic) bond motifs is 6. The van der Waals surface area contributed by atoms with E-state index in [2.05, 4.69) is 71.7 Å². The highest BCUT2D eigenvalue weighted by atomic mass is 14.7. The van der Waals surface area contributed by atoms with Gasteiger partial charge in [-0.2, -0.15) is 0 Å². The van der Waals surface area contributed by atoms with Crippen molar-refractivity contribution in [3.05, 3.63) is 91.1 Å². The SMILES string of the molecule is [c]1c(-c2ccccn2)ccc2c1c1ccccc1c1ccccc21. The zero-order valence-electron chi connectivity index (χ0n) is 13.0. The summed E-state index contributed by atoms with van der Waals surface area (Å²) in [6.45, 7) is 0. The molecule has 0 amide bonds. The minimum absolute atomic E-state index is 0.955. The number of nitrogens with zero attached hydrogens (tertiary/aromatic N) is 1. The van der Waals surface area contributed by atoms with Gasteiger partial charge < -0.3 is 0 Å². The normalized spacial score (nSPS) is 11.3. The van der Waals surface area contributed by atoms with E-state index in [-0.39, 0.29) is 0 Å². The quantitative estimate of drug-likeness (QED) is 0.346. The van der Waals surface area contributed by atoms with E-state index in [0.717, 1.165) is 16.6 Å². The van der Waals surface area contributed by atoms with Crippen LogP contribution in [0.5, 0.6) is 0 Å². The van der Waals surface area contributed by atoms with Crippen molar-refractivity contribution < 1.29 is 0 Å². The van der Waals surface area contributed by atoms with Gasteiger partial charge >= 0.3 is 0 Å². The van der Waals surface area contributed by atoms with E-state index >= 15 is 0 Å². The monoisotopic (exact) mass is 304 g/mol. The van der Waals surface area contributed by atoms with Crippen LogP contribution in [-0.2, 0) is 0 Å². The standard InChI is InChI=1S/C23H14N/c1-2-9-19-17(7-1)18-8-3-4-10-20(18)22-15-16(12-13-21(19)22)23-11-5-6-14-24-23/h1-14H. The number of benzene rings is 4. The van der Waals surface area contributed by atoms with Gasteiger partial charge in [-0.25, -0.2) is 0 Å². The Hall–Kier alpha value is -3.19. The molecule has 1 nitrogen and oxygen atoms in total. The second kappa shape index (κ2) is 5.17. The van der Waals surface area contributed by atoms with Crippen LogP contribution in [0.1, 0.15) is 0 Å². The van der Waals surface area contributed by atoms with Crippen LogP contribution in [0.25, 0.3) is 43.6 Å². The molecule has 1 aromatic heterocycles. The van der Waals surface area contributed by atoms with E-state index in [0.29, 0.717) is 0 Å². The molecule has 0 fully saturated rings. The number of aromatic nitrogens is 1. The Balaban J connectivity index is 1.96. The number of pyridine rings is 1. The fraction of sp³-hybridized carbons (Fsp3) is 0. The molecule has 4 aromatic carbocycles. The molecule has 111 valence electrons. The molecule has 0 aliphatic carbocycles. The molecule has 0 aliphatic rings. The minimum Gasteiger partial charge on any atom is -0.256 e. The van der Waals surface area contributed by atoms with Gasteiger partial charge in [0.05, 0.1) is 5.69 Å². The Kier molecular flexibility index (Phi) is 2.86. The molecule has 5 rings (SSSR count). The van der Waals surface area contributed by atoms with Crippen molar-refractivity contribution in [1.29, 1.82) is 0 Å². The maximum absolute atomic E-state index is 4.47. The van der Waals surface area contributed by atoms with Gasteiger partial charge in [0, 0.05) is 17.8 Å². The predicted molar refractivity (Wildman–Crippen MR) is 101 cm³/mol. The van der Waals surface area contributed by atoms with Gasteiger partial charge in [-0.1, -0.05) is 66.7 Å². The zero-order valence-corrected chi connectivity index (χ0v) is 13.0. The average Bonchev–Trinajstić information content (AvgIpc) is 2.68. The van der Waals surface area contributed by atoms with Crippen LogP contribution in [0.4, 0.5) is 0 Å². The lowest BCUT2D eigenvalue weighted by atomic mass is 9.93. The van der Waals surface area contributed by atoms with Gasteiger partial charge in [0.2, 0.25) is 0 Å². The molecular formula is C23H14N. The molecule has 0 spiro atoms. The maximum atomic E-state index is 4.47. The van der Waals surface area contributed by atoms with Gasteiger partial charge in [-0.3, -0.25) is 4.98 Å². The van der Waals surface area contributed by atoms with Gasteiger partial charge in [0.15, 0.2) is 0 Å². The van der Waals surface area contributed by atoms with Crippen LogP contribution in [-0.4, -0.2) is 4.98 Å².